The average Bonchev–Trinajstić information content (AvgIpc) is 1.62. The number of hydrogen-bond acceptors (Lipinski definition) is 27. The second-order valence-corrected chi connectivity index (χ2v) is 30.9. The van der Waals surface area contributed by atoms with Crippen LogP contribution in [-0.2, 0) is 12.4 Å². The van der Waals surface area contributed by atoms with Gasteiger partial charge in [0.15, 0.2) is 58.2 Å². The van der Waals surface area contributed by atoms with Crippen molar-refractivity contribution in [1.82, 2.24) is 157 Å². The van der Waals surface area contributed by atoms with Crippen molar-refractivity contribution >= 4 is 135 Å². The molecule has 7 aromatic carbocycles. The Morgan fingerprint density at radius 3 is 1.66 bits per heavy atom. The minimum atomic E-state index is -4.83. The summed E-state index contributed by atoms with van der Waals surface area (Å²) in [6.45, 7) is 3.37. The lowest BCUT2D eigenvalue weighted by atomic mass is 9.94. The van der Waals surface area contributed by atoms with Gasteiger partial charge in [-0.05, 0) is 155 Å². The summed E-state index contributed by atoms with van der Waals surface area (Å²) in [5.74, 6) is 7.45. The molecular formula is C87H64ClF6N35O4. The van der Waals surface area contributed by atoms with Crippen LogP contribution in [0.15, 0.2) is 196 Å². The largest absolute Gasteiger partial charge is 0.417 e. The number of para-hydroxylation sites is 3. The fraction of sp³-hybridized carbons (Fsp3) is 0.126. The summed E-state index contributed by atoms with van der Waals surface area (Å²) in [5, 5.41) is 76.2. The maximum Gasteiger partial charge on any atom is 0.417 e. The van der Waals surface area contributed by atoms with Gasteiger partial charge in [-0.25, -0.2) is 24.9 Å². The number of nitrogens with zero attached hydrogens (tertiary/aromatic N) is 18. The number of fused-ring (bicyclic) bond motifs is 7. The predicted octanol–water partition coefficient (Wildman–Crippen LogP) is 14.6. The number of aryl methyl sites for hydroxylation is 1. The first-order chi connectivity index (χ1) is 64.5. The van der Waals surface area contributed by atoms with Crippen molar-refractivity contribution in [3.63, 3.8) is 0 Å². The maximum absolute atomic E-state index is 14.2. The third-order valence-corrected chi connectivity index (χ3v) is 22.1. The van der Waals surface area contributed by atoms with Gasteiger partial charge in [0, 0.05) is 97.9 Å². The summed E-state index contributed by atoms with van der Waals surface area (Å²) >= 11 is 6.53. The SMILES string of the molecule is C#Cc1c(-c2nc(Nc3n[nH]c(C)n3)c3ccccc3n2)ccc2[nH][nH]c(=O)c12.O=c1[nH][nH]c2cc(C(F)(F)F)c(-c3nc(Nc4cc(C5CC5)[nH]n4)nc(-c4ccncc4)n3)cc12.O=c1[nH][nH]c2cc(Cl)c(-c3nc(Nc4n[nH]c5ccccc45)nc(-c4cccnc4)n3)cc12.O=c1[nH][nH]c2ccc(-c3nnc(C4CCNCC4)c(Nc4n[nH]c5ccccc45)n3)c(C(F)(F)F)c12. The van der Waals surface area contributed by atoms with Crippen LogP contribution in [0.1, 0.15) is 71.4 Å². The monoisotopic (exact) mass is 1810 g/mol. The molecule has 0 radical (unpaired) electrons. The Hall–Kier alpha value is -17.8. The van der Waals surface area contributed by atoms with Crippen LogP contribution in [0, 0.1) is 19.3 Å². The van der Waals surface area contributed by atoms with Gasteiger partial charge in [0.2, 0.25) is 17.8 Å². The molecular weight excluding hydrogens is 1750 g/mol. The number of benzene rings is 7. The Balaban J connectivity index is 0.000000111. The molecule has 0 unspecified atom stereocenters. The molecule has 39 nitrogen and oxygen atoms in total. The smallest absolute Gasteiger partial charge is 0.321 e. The minimum absolute atomic E-state index is 0.00635. The van der Waals surface area contributed by atoms with Crippen LogP contribution < -0.4 is 48.8 Å². The van der Waals surface area contributed by atoms with E-state index in [-0.39, 0.29) is 79.8 Å². The number of rotatable bonds is 16. The van der Waals surface area contributed by atoms with Crippen LogP contribution in [-0.4, -0.2) is 165 Å². The molecule has 133 heavy (non-hydrogen) atoms. The van der Waals surface area contributed by atoms with Crippen LogP contribution in [0.3, 0.4) is 0 Å². The highest BCUT2D eigenvalue weighted by atomic mass is 35.5. The summed E-state index contributed by atoms with van der Waals surface area (Å²) in [5.41, 5.74) is 3.18. The van der Waals surface area contributed by atoms with Crippen molar-refractivity contribution in [2.24, 2.45) is 0 Å². The van der Waals surface area contributed by atoms with E-state index in [1.807, 2.05) is 91.9 Å². The van der Waals surface area contributed by atoms with E-state index in [9.17, 15) is 45.5 Å². The average molecular weight is 1810 g/mol. The quantitative estimate of drug-likeness (QED) is 0.0315. The van der Waals surface area contributed by atoms with Gasteiger partial charge in [0.1, 0.15) is 17.3 Å². The number of nitrogens with one attached hydrogen (secondary N) is 17. The highest BCUT2D eigenvalue weighted by Gasteiger charge is 2.40. The van der Waals surface area contributed by atoms with Gasteiger partial charge in [0.25, 0.3) is 22.2 Å². The second-order valence-electron chi connectivity index (χ2n) is 30.5. The van der Waals surface area contributed by atoms with Crippen molar-refractivity contribution in [2.75, 3.05) is 34.4 Å². The molecule has 1 aliphatic carbocycles. The normalized spacial score (nSPS) is 13.0. The summed E-state index contributed by atoms with van der Waals surface area (Å²) in [4.78, 5) is 102. The molecule has 17 N–H and O–H groups in total. The van der Waals surface area contributed by atoms with Crippen LogP contribution in [0.4, 0.5) is 73.3 Å². The number of hydrogen-bond donors (Lipinski definition) is 17. The molecule has 15 heterocycles. The van der Waals surface area contributed by atoms with Gasteiger partial charge in [0.05, 0.1) is 81.9 Å². The van der Waals surface area contributed by atoms with Crippen LogP contribution in [0.5, 0.6) is 0 Å². The highest BCUT2D eigenvalue weighted by Crippen LogP contribution is 2.44. The first kappa shape index (κ1) is 83.4. The number of piperidine rings is 1. The summed E-state index contributed by atoms with van der Waals surface area (Å²) in [6, 6.07) is 43.0. The molecule has 1 aliphatic heterocycles. The van der Waals surface area contributed by atoms with Crippen molar-refractivity contribution < 1.29 is 26.3 Å². The first-order valence-corrected chi connectivity index (χ1v) is 41.1. The van der Waals surface area contributed by atoms with Gasteiger partial charge in [-0.3, -0.25) is 90.3 Å². The molecule has 46 heteroatoms. The third-order valence-electron chi connectivity index (χ3n) is 21.8. The van der Waals surface area contributed by atoms with Crippen molar-refractivity contribution in [1.29, 1.82) is 0 Å². The molecule has 0 atom stereocenters. The molecule has 660 valence electrons. The first-order valence-electron chi connectivity index (χ1n) is 40.7. The van der Waals surface area contributed by atoms with E-state index in [1.54, 1.807) is 54.9 Å². The molecule has 2 fully saturated rings. The molecule has 1 saturated heterocycles. The van der Waals surface area contributed by atoms with E-state index in [1.165, 1.54) is 24.5 Å². The number of terminal acetylenes is 1. The molecule has 0 spiro atoms. The van der Waals surface area contributed by atoms with E-state index in [2.05, 4.69) is 184 Å². The summed E-state index contributed by atoms with van der Waals surface area (Å²) < 4.78 is 84.6. The lowest BCUT2D eigenvalue weighted by Gasteiger charge is -2.23. The topological polar surface area (TPSA) is 550 Å². The molecule has 2 aliphatic rings. The molecule has 1 saturated carbocycles. The minimum Gasteiger partial charge on any atom is -0.321 e. The maximum atomic E-state index is 14.2. The standard InChI is InChI=1S/C23H20F3N9O.C22H14ClN9O.C22H16F3N9O.C20H14N8O/c24-23(25,26)17-13(5-6-15-16(17)22(36)35-31-15)20-29-21(18(32-34-20)11-7-9-27-10-8-11)28-19-12-3-1-2-4-14(12)30-33-19;23-15-9-17-14(21(33)32-30-17)8-13(15)19-25-18(11-4-3-7-24-10-11)26-22(27-19)28-20-12-5-1-2-6-16(12)29-31-20;23-22(24,25)14-8-16-13(20(35)34-32-16)7-12(14)19-28-18(11-3-5-26-6-4-11)29-21(30-19)27-17-9-15(31-33-17)10-1-2-10;1-3-11-12(8-9-15-16(11)19(29)27-26-15)17-22-14-7-5-4-6-13(14)18(23-17)24-20-21-10(2)25-28-20/h1-6,11,27H,7-10H2,(H2,31,35,36)(H2,28,29,30,33,34);1-10H,(H2,30,32,33)(H2,25,26,27,28,29,31);3-10H,1-2H2,(H2,32,34,35)(H2,27,28,29,30,31,33);1,4-9H,2H3,(H2,26,27,29)(H2,21,22,23,24,25,28). The van der Waals surface area contributed by atoms with E-state index in [4.69, 9.17) is 18.0 Å². The van der Waals surface area contributed by atoms with Crippen LogP contribution in [0.25, 0.3) is 145 Å². The van der Waals surface area contributed by atoms with Crippen LogP contribution >= 0.6 is 11.6 Å². The van der Waals surface area contributed by atoms with Crippen LogP contribution in [0.2, 0.25) is 5.02 Å². The Labute approximate surface area is 743 Å². The van der Waals surface area contributed by atoms with Crippen molar-refractivity contribution in [3.05, 3.63) is 257 Å². The van der Waals surface area contributed by atoms with Crippen molar-refractivity contribution in [3.8, 4) is 80.7 Å². The van der Waals surface area contributed by atoms with E-state index >= 15 is 0 Å². The predicted molar refractivity (Wildman–Crippen MR) is 482 cm³/mol. The fourth-order valence-corrected chi connectivity index (χ4v) is 15.6. The molecule has 21 aromatic rings. The Bertz CT molecular complexity index is 8340. The van der Waals surface area contributed by atoms with Crippen molar-refractivity contribution in [2.45, 2.75) is 56.8 Å². The summed E-state index contributed by atoms with van der Waals surface area (Å²) in [6.07, 6.45) is 6.28. The molecule has 23 rings (SSSR count). The zero-order valence-corrected chi connectivity index (χ0v) is 69.3. The number of halogens is 7. The highest BCUT2D eigenvalue weighted by molar-refractivity contribution is 6.34. The zero-order valence-electron chi connectivity index (χ0n) is 68.5. The van der Waals surface area contributed by atoms with E-state index < -0.39 is 40.0 Å². The number of aromatic nitrogens is 30. The Morgan fingerprint density at radius 1 is 0.414 bits per heavy atom. The number of pyridine rings is 2. The number of aromatic amines is 12. The lowest BCUT2D eigenvalue weighted by Crippen LogP contribution is -2.28. The van der Waals surface area contributed by atoms with E-state index in [0.717, 1.165) is 89.3 Å². The van der Waals surface area contributed by atoms with Gasteiger partial charge in [-0.15, -0.1) is 21.7 Å². The van der Waals surface area contributed by atoms with Gasteiger partial charge in [-0.2, -0.15) is 66.6 Å². The zero-order chi connectivity index (χ0) is 91.3. The van der Waals surface area contributed by atoms with Gasteiger partial charge < -0.3 is 26.6 Å². The van der Waals surface area contributed by atoms with E-state index in [0.29, 0.717) is 119 Å². The Kier molecular flexibility index (Phi) is 21.6. The fourth-order valence-electron chi connectivity index (χ4n) is 15.3. The molecule has 0 bridgehead atoms. The lowest BCUT2D eigenvalue weighted by molar-refractivity contribution is -0.137. The second kappa shape index (κ2) is 34.4. The number of alkyl halides is 6. The number of H-pyrrole nitrogens is 12. The summed E-state index contributed by atoms with van der Waals surface area (Å²) in [7, 11) is 0. The molecule has 14 aromatic heterocycles. The van der Waals surface area contributed by atoms with Gasteiger partial charge in [-0.1, -0.05) is 53.9 Å². The third kappa shape index (κ3) is 16.9. The number of anilines is 8. The van der Waals surface area contributed by atoms with Gasteiger partial charge >= 0.3 is 12.4 Å². The Morgan fingerprint density at radius 2 is 1.00 bits per heavy atom. The molecule has 0 amide bonds.